The van der Waals surface area contributed by atoms with E-state index in [2.05, 4.69) is 36.2 Å². The molecule has 1 aromatic carbocycles. The second kappa shape index (κ2) is 9.48. The molecule has 0 aliphatic rings. The highest BCUT2D eigenvalue weighted by Crippen LogP contribution is 2.17. The summed E-state index contributed by atoms with van der Waals surface area (Å²) >= 11 is 3.23. The fourth-order valence-electron chi connectivity index (χ4n) is 2.08. The van der Waals surface area contributed by atoms with Gasteiger partial charge < -0.3 is 15.0 Å². The summed E-state index contributed by atoms with van der Waals surface area (Å²) < 4.78 is 34.5. The Morgan fingerprint density at radius 1 is 1.07 bits per heavy atom. The summed E-state index contributed by atoms with van der Waals surface area (Å²) in [5.74, 6) is -2.98. The van der Waals surface area contributed by atoms with Gasteiger partial charge >= 0.3 is 12.1 Å². The minimum atomic E-state index is -5.08. The maximum absolute atomic E-state index is 12.1. The van der Waals surface area contributed by atoms with Gasteiger partial charge in [-0.25, -0.2) is 19.7 Å². The van der Waals surface area contributed by atoms with E-state index in [1.54, 1.807) is 6.33 Å². The second-order valence-electron chi connectivity index (χ2n) is 5.81. The van der Waals surface area contributed by atoms with Crippen LogP contribution in [0.2, 0.25) is 0 Å². The van der Waals surface area contributed by atoms with E-state index in [4.69, 9.17) is 9.90 Å². The van der Waals surface area contributed by atoms with E-state index in [0.29, 0.717) is 5.69 Å². The highest BCUT2D eigenvalue weighted by atomic mass is 79.9. The Morgan fingerprint density at radius 3 is 2.03 bits per heavy atom. The minimum absolute atomic E-state index is 0.123. The zero-order valence-corrected chi connectivity index (χ0v) is 17.2. The van der Waals surface area contributed by atoms with Gasteiger partial charge in [-0.05, 0) is 54.0 Å². The van der Waals surface area contributed by atoms with Crippen LogP contribution in [-0.2, 0) is 4.79 Å². The van der Waals surface area contributed by atoms with Crippen LogP contribution in [0.3, 0.4) is 0 Å². The maximum Gasteiger partial charge on any atom is 0.490 e. The number of aromatic nitrogens is 4. The molecule has 3 aromatic rings. The first-order valence-corrected chi connectivity index (χ1v) is 8.98. The predicted octanol–water partition coefficient (Wildman–Crippen LogP) is 3.93. The van der Waals surface area contributed by atoms with Gasteiger partial charge in [0.05, 0.1) is 16.5 Å². The smallest absolute Gasteiger partial charge is 0.475 e. The van der Waals surface area contributed by atoms with Crippen LogP contribution in [-0.4, -0.2) is 42.7 Å². The normalized spacial score (nSPS) is 10.7. The molecule has 0 spiro atoms. The summed E-state index contributed by atoms with van der Waals surface area (Å²) in [4.78, 5) is 33.2. The number of carboxylic acids is 1. The maximum atomic E-state index is 12.1. The molecule has 2 heterocycles. The SMILES string of the molecule is Cc1ncn(-c2ccc(NC(=O)c3ncc(Br)cn3)cc2)c1C.O=C(O)C(F)(F)F. The molecule has 0 fully saturated rings. The number of rotatable bonds is 3. The highest BCUT2D eigenvalue weighted by molar-refractivity contribution is 9.10. The van der Waals surface area contributed by atoms with Crippen LogP contribution in [0.25, 0.3) is 5.69 Å². The summed E-state index contributed by atoms with van der Waals surface area (Å²) in [5, 5.41) is 9.90. The standard InChI is InChI=1S/C16H14BrN5O.C2HF3O2/c1-10-11(2)22(9-20-10)14-5-3-13(4-6-14)21-16(23)15-18-7-12(17)8-19-15;3-2(4,5)1(6)7/h3-9H,1-2H3,(H,21,23);(H,6,7). The zero-order chi connectivity index (χ0) is 22.5. The Kier molecular flexibility index (Phi) is 7.27. The molecule has 0 radical (unpaired) electrons. The Hall–Kier alpha value is -3.28. The van der Waals surface area contributed by atoms with E-state index in [0.717, 1.165) is 21.5 Å². The van der Waals surface area contributed by atoms with Crippen molar-refractivity contribution in [2.45, 2.75) is 20.0 Å². The molecule has 0 saturated carbocycles. The third-order valence-corrected chi connectivity index (χ3v) is 4.13. The van der Waals surface area contributed by atoms with Crippen molar-refractivity contribution in [3.63, 3.8) is 0 Å². The van der Waals surface area contributed by atoms with Gasteiger partial charge in [-0.3, -0.25) is 4.79 Å². The number of carboxylic acid groups (broad SMARTS) is 1. The van der Waals surface area contributed by atoms with Crippen molar-refractivity contribution < 1.29 is 27.9 Å². The van der Waals surface area contributed by atoms with E-state index in [1.165, 1.54) is 12.4 Å². The number of imidazole rings is 1. The molecule has 0 unspecified atom stereocenters. The lowest BCUT2D eigenvalue weighted by atomic mass is 10.2. The molecule has 158 valence electrons. The van der Waals surface area contributed by atoms with Gasteiger partial charge in [-0.2, -0.15) is 13.2 Å². The topological polar surface area (TPSA) is 110 Å². The fraction of sp³-hybridized carbons (Fsp3) is 0.167. The Balaban J connectivity index is 0.000000396. The third kappa shape index (κ3) is 6.11. The number of carbonyl (C=O) groups excluding carboxylic acids is 1. The van der Waals surface area contributed by atoms with Gasteiger partial charge in [0.15, 0.2) is 0 Å². The largest absolute Gasteiger partial charge is 0.490 e. The molecule has 12 heteroatoms. The molecule has 2 aromatic heterocycles. The Labute approximate surface area is 176 Å². The average Bonchev–Trinajstić information content (AvgIpc) is 3.01. The van der Waals surface area contributed by atoms with Crippen molar-refractivity contribution in [1.82, 2.24) is 19.5 Å². The number of nitrogens with zero attached hydrogens (tertiary/aromatic N) is 4. The van der Waals surface area contributed by atoms with Gasteiger partial charge in [0, 0.05) is 29.5 Å². The van der Waals surface area contributed by atoms with Crippen LogP contribution < -0.4 is 5.32 Å². The highest BCUT2D eigenvalue weighted by Gasteiger charge is 2.38. The van der Waals surface area contributed by atoms with Gasteiger partial charge in [-0.15, -0.1) is 0 Å². The van der Waals surface area contributed by atoms with Gasteiger partial charge in [-0.1, -0.05) is 0 Å². The molecule has 0 atom stereocenters. The number of carbonyl (C=O) groups is 2. The predicted molar refractivity (Wildman–Crippen MR) is 104 cm³/mol. The molecule has 3 rings (SSSR count). The summed E-state index contributed by atoms with van der Waals surface area (Å²) in [7, 11) is 0. The van der Waals surface area contributed by atoms with Crippen molar-refractivity contribution in [2.24, 2.45) is 0 Å². The Bertz CT molecular complexity index is 1030. The number of nitrogens with one attached hydrogen (secondary N) is 1. The van der Waals surface area contributed by atoms with E-state index < -0.39 is 12.1 Å². The first-order valence-electron chi connectivity index (χ1n) is 8.19. The van der Waals surface area contributed by atoms with Crippen LogP contribution >= 0.6 is 15.9 Å². The number of benzene rings is 1. The summed E-state index contributed by atoms with van der Waals surface area (Å²) in [6.45, 7) is 3.99. The number of aliphatic carboxylic acids is 1. The van der Waals surface area contributed by atoms with Crippen LogP contribution in [0, 0.1) is 13.8 Å². The van der Waals surface area contributed by atoms with Crippen molar-refractivity contribution in [3.8, 4) is 5.69 Å². The molecular formula is C18H15BrF3N5O3. The van der Waals surface area contributed by atoms with Crippen LogP contribution in [0.5, 0.6) is 0 Å². The fourth-order valence-corrected chi connectivity index (χ4v) is 2.29. The Morgan fingerprint density at radius 2 is 1.60 bits per heavy atom. The van der Waals surface area contributed by atoms with E-state index in [9.17, 15) is 18.0 Å². The van der Waals surface area contributed by atoms with Crippen molar-refractivity contribution >= 4 is 33.5 Å². The third-order valence-electron chi connectivity index (χ3n) is 3.72. The van der Waals surface area contributed by atoms with Gasteiger partial charge in [0.2, 0.25) is 5.82 Å². The van der Waals surface area contributed by atoms with E-state index >= 15 is 0 Å². The number of hydrogen-bond acceptors (Lipinski definition) is 5. The van der Waals surface area contributed by atoms with Crippen LogP contribution in [0.4, 0.5) is 18.9 Å². The lowest BCUT2D eigenvalue weighted by molar-refractivity contribution is -0.192. The average molecular weight is 486 g/mol. The molecule has 0 bridgehead atoms. The lowest BCUT2D eigenvalue weighted by Gasteiger charge is -2.08. The molecule has 0 saturated heterocycles. The van der Waals surface area contributed by atoms with E-state index in [-0.39, 0.29) is 11.7 Å². The minimum Gasteiger partial charge on any atom is -0.475 e. The molecule has 1 amide bonds. The zero-order valence-electron chi connectivity index (χ0n) is 15.6. The van der Waals surface area contributed by atoms with Crippen LogP contribution in [0.1, 0.15) is 22.0 Å². The number of hydrogen-bond donors (Lipinski definition) is 2. The summed E-state index contributed by atoms with van der Waals surface area (Å²) in [6.07, 6.45) is -0.224. The van der Waals surface area contributed by atoms with Crippen LogP contribution in [0.15, 0.2) is 47.5 Å². The van der Waals surface area contributed by atoms with Crippen molar-refractivity contribution in [2.75, 3.05) is 5.32 Å². The van der Waals surface area contributed by atoms with Gasteiger partial charge in [0.25, 0.3) is 5.91 Å². The summed E-state index contributed by atoms with van der Waals surface area (Å²) in [6, 6.07) is 7.51. The van der Waals surface area contributed by atoms with E-state index in [1.807, 2.05) is 42.7 Å². The second-order valence-corrected chi connectivity index (χ2v) is 6.73. The molecule has 30 heavy (non-hydrogen) atoms. The summed E-state index contributed by atoms with van der Waals surface area (Å²) in [5.41, 5.74) is 3.75. The lowest BCUT2D eigenvalue weighted by Crippen LogP contribution is -2.21. The quantitative estimate of drug-likeness (QED) is 0.581. The number of halogens is 4. The number of aryl methyl sites for hydroxylation is 1. The molecule has 8 nitrogen and oxygen atoms in total. The number of anilines is 1. The molecule has 0 aliphatic carbocycles. The number of alkyl halides is 3. The van der Waals surface area contributed by atoms with Gasteiger partial charge in [0.1, 0.15) is 0 Å². The van der Waals surface area contributed by atoms with Crippen molar-refractivity contribution in [3.05, 3.63) is 64.7 Å². The molecule has 0 aliphatic heterocycles. The first kappa shape index (κ1) is 23.0. The number of amides is 1. The molecule has 2 N–H and O–H groups in total. The monoisotopic (exact) mass is 485 g/mol. The first-order chi connectivity index (χ1) is 14.0. The van der Waals surface area contributed by atoms with Crippen molar-refractivity contribution in [1.29, 1.82) is 0 Å². The molecular weight excluding hydrogens is 471 g/mol.